The fourth-order valence-corrected chi connectivity index (χ4v) is 3.00. The van der Waals surface area contributed by atoms with E-state index in [-0.39, 0.29) is 36.5 Å². The van der Waals surface area contributed by atoms with Crippen LogP contribution >= 0.6 is 0 Å². The van der Waals surface area contributed by atoms with Crippen molar-refractivity contribution < 1.29 is 20.4 Å². The maximum atomic E-state index is 10.6. The van der Waals surface area contributed by atoms with Gasteiger partial charge in [-0.25, -0.2) is 0 Å². The molecule has 0 aliphatic heterocycles. The number of phenols is 2. The van der Waals surface area contributed by atoms with Crippen LogP contribution in [0.15, 0.2) is 58.5 Å². The molecule has 0 fully saturated rings. The molecule has 0 saturated heterocycles. The number of hydrogen-bond acceptors (Lipinski definition) is 6. The van der Waals surface area contributed by atoms with Gasteiger partial charge in [-0.2, -0.15) is 0 Å². The number of aromatic hydroxyl groups is 2. The van der Waals surface area contributed by atoms with Gasteiger partial charge in [-0.15, -0.1) is 0 Å². The Kier molecular flexibility index (Phi) is 8.57. The molecule has 0 unspecified atom stereocenters. The van der Waals surface area contributed by atoms with Gasteiger partial charge in [0.05, 0.1) is 36.7 Å². The summed E-state index contributed by atoms with van der Waals surface area (Å²) in [5.41, 5.74) is 1.61. The zero-order chi connectivity index (χ0) is 22.3. The second-order valence-electron chi connectivity index (χ2n) is 7.98. The van der Waals surface area contributed by atoms with Crippen LogP contribution in [0.3, 0.4) is 0 Å². The average molecular weight is 413 g/mol. The molecule has 30 heavy (non-hydrogen) atoms. The molecule has 6 heteroatoms. The van der Waals surface area contributed by atoms with Gasteiger partial charge in [0.1, 0.15) is 11.5 Å². The fourth-order valence-electron chi connectivity index (χ4n) is 3.00. The van der Waals surface area contributed by atoms with E-state index in [1.165, 1.54) is 0 Å². The van der Waals surface area contributed by atoms with Gasteiger partial charge in [-0.3, -0.25) is 9.98 Å². The second kappa shape index (κ2) is 10.9. The Morgan fingerprint density at radius 2 is 1.00 bits per heavy atom. The molecule has 4 N–H and O–H groups in total. The number of phenolic OH excluding ortho intramolecular Hbond substituents is 2. The van der Waals surface area contributed by atoms with Gasteiger partial charge in [0.2, 0.25) is 0 Å². The zero-order valence-electron chi connectivity index (χ0n) is 18.0. The predicted molar refractivity (Wildman–Crippen MR) is 121 cm³/mol. The highest BCUT2D eigenvalue weighted by molar-refractivity contribution is 6.54. The maximum Gasteiger partial charge on any atom is 0.125 e. The fraction of sp³-hybridized carbons (Fsp3) is 0.417. The predicted octanol–water partition coefficient (Wildman–Crippen LogP) is 3.41. The molecule has 6 nitrogen and oxygen atoms in total. The van der Waals surface area contributed by atoms with Crippen LogP contribution in [-0.2, 0) is 0 Å². The molecule has 0 aromatic heterocycles. The Bertz CT molecular complexity index is 817. The monoisotopic (exact) mass is 412 g/mol. The molecule has 0 aliphatic carbocycles. The van der Waals surface area contributed by atoms with Crippen molar-refractivity contribution in [2.24, 2.45) is 21.8 Å². The first-order valence-electron chi connectivity index (χ1n) is 10.2. The first kappa shape index (κ1) is 23.6. The third kappa shape index (κ3) is 5.68. The van der Waals surface area contributed by atoms with Crippen molar-refractivity contribution >= 4 is 11.4 Å². The van der Waals surface area contributed by atoms with Crippen molar-refractivity contribution in [1.29, 1.82) is 0 Å². The van der Waals surface area contributed by atoms with E-state index >= 15 is 0 Å². The summed E-state index contributed by atoms with van der Waals surface area (Å²) >= 11 is 0. The van der Waals surface area contributed by atoms with E-state index in [2.05, 4.69) is 0 Å². The summed E-state index contributed by atoms with van der Waals surface area (Å²) in [6, 6.07) is 12.7. The van der Waals surface area contributed by atoms with Crippen molar-refractivity contribution in [2.45, 2.75) is 39.8 Å². The minimum Gasteiger partial charge on any atom is -0.507 e. The van der Waals surface area contributed by atoms with E-state index in [0.717, 1.165) is 0 Å². The van der Waals surface area contributed by atoms with E-state index in [9.17, 15) is 20.4 Å². The van der Waals surface area contributed by atoms with Crippen LogP contribution in [0, 0.1) is 11.8 Å². The number of nitrogens with zero attached hydrogens (tertiary/aromatic N) is 2. The summed E-state index contributed by atoms with van der Waals surface area (Å²) < 4.78 is 0. The van der Waals surface area contributed by atoms with E-state index in [0.29, 0.717) is 22.6 Å². The highest BCUT2D eigenvalue weighted by Gasteiger charge is 2.24. The van der Waals surface area contributed by atoms with Crippen LogP contribution in [0.2, 0.25) is 0 Å². The first-order chi connectivity index (χ1) is 14.3. The SMILES string of the molecule is CC(C)[C@@H](CO)N=C(C(=N[C@H](CO)C(C)C)c1ccccc1O)c1ccccc1O. The highest BCUT2D eigenvalue weighted by atomic mass is 16.3. The summed E-state index contributed by atoms with van der Waals surface area (Å²) in [6.45, 7) is 7.47. The van der Waals surface area contributed by atoms with E-state index in [4.69, 9.17) is 9.98 Å². The van der Waals surface area contributed by atoms with Gasteiger partial charge >= 0.3 is 0 Å². The Hall–Kier alpha value is -2.70. The lowest BCUT2D eigenvalue weighted by atomic mass is 9.95. The molecule has 0 aliphatic rings. The number of aliphatic imine (C=N–C) groups is 2. The average Bonchev–Trinajstić information content (AvgIpc) is 2.71. The molecule has 2 rings (SSSR count). The third-order valence-corrected chi connectivity index (χ3v) is 5.05. The number of rotatable bonds is 9. The van der Waals surface area contributed by atoms with E-state index in [1.54, 1.807) is 48.5 Å². The first-order valence-corrected chi connectivity index (χ1v) is 10.2. The smallest absolute Gasteiger partial charge is 0.125 e. The molecule has 2 atom stereocenters. The number of aliphatic hydroxyl groups excluding tert-OH is 2. The van der Waals surface area contributed by atoms with Gasteiger partial charge in [0.25, 0.3) is 0 Å². The molecule has 162 valence electrons. The summed E-state index contributed by atoms with van der Waals surface area (Å²) in [7, 11) is 0. The topological polar surface area (TPSA) is 106 Å². The lowest BCUT2D eigenvalue weighted by molar-refractivity contribution is 0.239. The van der Waals surface area contributed by atoms with Crippen LogP contribution < -0.4 is 0 Å². The lowest BCUT2D eigenvalue weighted by Crippen LogP contribution is -2.28. The number of aliphatic hydroxyl groups is 2. The second-order valence-corrected chi connectivity index (χ2v) is 7.98. The van der Waals surface area contributed by atoms with Crippen molar-refractivity contribution in [3.63, 3.8) is 0 Å². The minimum atomic E-state index is -0.428. The summed E-state index contributed by atoms with van der Waals surface area (Å²) in [5.74, 6) is 0.121. The largest absolute Gasteiger partial charge is 0.507 e. The molecular formula is C24H32N2O4. The minimum absolute atomic E-state index is 0.0184. The van der Waals surface area contributed by atoms with Crippen LogP contribution in [0.1, 0.15) is 38.8 Å². The summed E-state index contributed by atoms with van der Waals surface area (Å²) in [4.78, 5) is 9.55. The molecule has 0 bridgehead atoms. The van der Waals surface area contributed by atoms with Crippen LogP contribution in [0.5, 0.6) is 11.5 Å². The standard InChI is InChI=1S/C24H32N2O4/c1-15(2)19(13-27)25-23(17-9-5-7-11-21(17)29)24(26-20(14-28)16(3)4)18-10-6-8-12-22(18)30/h5-12,15-16,19-20,27-30H,13-14H2,1-4H3/t19-,20-/m1/s1. The maximum absolute atomic E-state index is 10.6. The number of hydrogen-bond donors (Lipinski definition) is 4. The highest BCUT2D eigenvalue weighted by Crippen LogP contribution is 2.26. The van der Waals surface area contributed by atoms with Gasteiger partial charge in [0.15, 0.2) is 0 Å². The zero-order valence-corrected chi connectivity index (χ0v) is 18.0. The molecular weight excluding hydrogens is 380 g/mol. The molecule has 2 aromatic rings. The van der Waals surface area contributed by atoms with Gasteiger partial charge < -0.3 is 20.4 Å². The lowest BCUT2D eigenvalue weighted by Gasteiger charge is -2.21. The van der Waals surface area contributed by atoms with Crippen LogP contribution in [0.25, 0.3) is 0 Å². The van der Waals surface area contributed by atoms with Crippen molar-refractivity contribution in [3.8, 4) is 11.5 Å². The normalized spacial score (nSPS) is 14.9. The molecule has 0 saturated carbocycles. The summed E-state index contributed by atoms with van der Waals surface area (Å²) in [6.07, 6.45) is 0. The van der Waals surface area contributed by atoms with Gasteiger partial charge in [0, 0.05) is 11.1 Å². The van der Waals surface area contributed by atoms with Crippen LogP contribution in [0.4, 0.5) is 0 Å². The van der Waals surface area contributed by atoms with E-state index < -0.39 is 12.1 Å². The molecule has 0 spiro atoms. The van der Waals surface area contributed by atoms with Gasteiger partial charge in [-0.05, 0) is 36.1 Å². The number of benzene rings is 2. The van der Waals surface area contributed by atoms with Crippen molar-refractivity contribution in [3.05, 3.63) is 59.7 Å². The Morgan fingerprint density at radius 3 is 1.27 bits per heavy atom. The number of para-hydroxylation sites is 2. The Morgan fingerprint density at radius 1 is 0.667 bits per heavy atom. The molecule has 0 amide bonds. The van der Waals surface area contributed by atoms with E-state index in [1.807, 2.05) is 27.7 Å². The Labute approximate surface area is 178 Å². The van der Waals surface area contributed by atoms with Crippen LogP contribution in [-0.4, -0.2) is 57.1 Å². The quantitative estimate of drug-likeness (QED) is 0.474. The van der Waals surface area contributed by atoms with Gasteiger partial charge in [-0.1, -0.05) is 52.0 Å². The summed E-state index contributed by atoms with van der Waals surface area (Å²) in [5, 5.41) is 40.9. The molecule has 2 aromatic carbocycles. The van der Waals surface area contributed by atoms with Crippen molar-refractivity contribution in [2.75, 3.05) is 13.2 Å². The van der Waals surface area contributed by atoms with Crippen molar-refractivity contribution in [1.82, 2.24) is 0 Å². The Balaban J connectivity index is 2.84. The molecule has 0 heterocycles. The molecule has 0 radical (unpaired) electrons. The third-order valence-electron chi connectivity index (χ3n) is 5.05.